The zero-order valence-corrected chi connectivity index (χ0v) is 12.2. The highest BCUT2D eigenvalue weighted by molar-refractivity contribution is 5.69. The van der Waals surface area contributed by atoms with Crippen molar-refractivity contribution in [3.05, 3.63) is 47.9 Å². The zero-order valence-electron chi connectivity index (χ0n) is 12.2. The molecule has 0 bridgehead atoms. The molecule has 0 aliphatic rings. The number of rotatable bonds is 3. The van der Waals surface area contributed by atoms with Crippen LogP contribution in [-0.2, 0) is 0 Å². The summed E-state index contributed by atoms with van der Waals surface area (Å²) in [4.78, 5) is 9.18. The molecule has 1 N–H and O–H groups in total. The van der Waals surface area contributed by atoms with Gasteiger partial charge < -0.3 is 9.84 Å². The molecule has 0 saturated carbocycles. The van der Waals surface area contributed by atoms with Crippen LogP contribution < -0.4 is 5.32 Å². The lowest BCUT2D eigenvalue weighted by molar-refractivity contribution is 0.393. The number of aryl methyl sites for hydroxylation is 2. The molecule has 0 amide bonds. The van der Waals surface area contributed by atoms with Gasteiger partial charge in [0.15, 0.2) is 5.82 Å². The molecule has 0 aliphatic heterocycles. The first-order valence-corrected chi connectivity index (χ1v) is 6.74. The van der Waals surface area contributed by atoms with Crippen LogP contribution in [0.25, 0.3) is 22.6 Å². The fourth-order valence-electron chi connectivity index (χ4n) is 2.25. The van der Waals surface area contributed by atoms with Crippen LogP contribution in [0.4, 0.5) is 5.82 Å². The van der Waals surface area contributed by atoms with Crippen molar-refractivity contribution in [2.75, 3.05) is 12.4 Å². The van der Waals surface area contributed by atoms with Crippen molar-refractivity contribution in [3.8, 4) is 22.6 Å². The second-order valence-corrected chi connectivity index (χ2v) is 4.78. The van der Waals surface area contributed by atoms with Crippen molar-refractivity contribution in [1.82, 2.24) is 15.1 Å². The van der Waals surface area contributed by atoms with Gasteiger partial charge in [0.05, 0.1) is 17.0 Å². The molecule has 3 aromatic rings. The van der Waals surface area contributed by atoms with Gasteiger partial charge in [-0.25, -0.2) is 9.97 Å². The second kappa shape index (κ2) is 5.36. The van der Waals surface area contributed by atoms with Crippen LogP contribution in [-0.4, -0.2) is 22.2 Å². The maximum Gasteiger partial charge on any atom is 0.167 e. The Bertz CT molecular complexity index is 746. The van der Waals surface area contributed by atoms with E-state index in [2.05, 4.69) is 20.4 Å². The lowest BCUT2D eigenvalue weighted by atomic mass is 10.1. The van der Waals surface area contributed by atoms with Crippen LogP contribution in [0.15, 0.2) is 40.9 Å². The first-order chi connectivity index (χ1) is 10.2. The average Bonchev–Trinajstić information content (AvgIpc) is 2.86. The smallest absolute Gasteiger partial charge is 0.167 e. The van der Waals surface area contributed by atoms with E-state index in [9.17, 15) is 0 Å². The molecule has 106 valence electrons. The lowest BCUT2D eigenvalue weighted by Crippen LogP contribution is -1.99. The minimum Gasteiger partial charge on any atom is -0.373 e. The largest absolute Gasteiger partial charge is 0.373 e. The van der Waals surface area contributed by atoms with Crippen LogP contribution in [0.5, 0.6) is 0 Å². The second-order valence-electron chi connectivity index (χ2n) is 4.78. The standard InChI is InChI=1S/C16H16N4O/c1-10-15(11(2)21-20-10)16-18-13(9-14(17-3)19-16)12-7-5-4-6-8-12/h4-9H,1-3H3,(H,17,18,19). The zero-order chi connectivity index (χ0) is 14.8. The third kappa shape index (κ3) is 2.50. The fourth-order valence-corrected chi connectivity index (χ4v) is 2.25. The van der Waals surface area contributed by atoms with E-state index in [0.29, 0.717) is 5.82 Å². The van der Waals surface area contributed by atoms with E-state index in [1.54, 1.807) is 0 Å². The van der Waals surface area contributed by atoms with E-state index < -0.39 is 0 Å². The number of nitrogens with one attached hydrogen (secondary N) is 1. The van der Waals surface area contributed by atoms with Crippen molar-refractivity contribution in [3.63, 3.8) is 0 Å². The van der Waals surface area contributed by atoms with Crippen LogP contribution >= 0.6 is 0 Å². The topological polar surface area (TPSA) is 63.8 Å². The van der Waals surface area contributed by atoms with Gasteiger partial charge in [0.2, 0.25) is 0 Å². The Morgan fingerprint density at radius 3 is 2.43 bits per heavy atom. The molecule has 0 aliphatic carbocycles. The summed E-state index contributed by atoms with van der Waals surface area (Å²) in [5, 5.41) is 7.05. The van der Waals surface area contributed by atoms with Gasteiger partial charge in [-0.2, -0.15) is 0 Å². The molecule has 3 rings (SSSR count). The summed E-state index contributed by atoms with van der Waals surface area (Å²) in [7, 11) is 1.84. The van der Waals surface area contributed by atoms with Gasteiger partial charge in [0, 0.05) is 18.7 Å². The van der Waals surface area contributed by atoms with Gasteiger partial charge in [-0.1, -0.05) is 35.5 Å². The SMILES string of the molecule is CNc1cc(-c2ccccc2)nc(-c2c(C)noc2C)n1. The molecule has 0 spiro atoms. The molecule has 5 heteroatoms. The van der Waals surface area contributed by atoms with Crippen molar-refractivity contribution >= 4 is 5.82 Å². The summed E-state index contributed by atoms with van der Waals surface area (Å²) < 4.78 is 5.22. The molecule has 21 heavy (non-hydrogen) atoms. The number of anilines is 1. The highest BCUT2D eigenvalue weighted by atomic mass is 16.5. The number of aromatic nitrogens is 3. The summed E-state index contributed by atoms with van der Waals surface area (Å²) in [6.07, 6.45) is 0. The Labute approximate surface area is 123 Å². The van der Waals surface area contributed by atoms with Gasteiger partial charge in [0.1, 0.15) is 11.6 Å². The minimum absolute atomic E-state index is 0.622. The maximum atomic E-state index is 5.22. The highest BCUT2D eigenvalue weighted by Gasteiger charge is 2.16. The number of nitrogens with zero attached hydrogens (tertiary/aromatic N) is 3. The molecule has 0 radical (unpaired) electrons. The number of benzene rings is 1. The molecule has 2 heterocycles. The van der Waals surface area contributed by atoms with E-state index in [1.165, 1.54) is 0 Å². The summed E-state index contributed by atoms with van der Waals surface area (Å²) in [5.74, 6) is 2.11. The van der Waals surface area contributed by atoms with Gasteiger partial charge in [0.25, 0.3) is 0 Å². The van der Waals surface area contributed by atoms with E-state index in [4.69, 9.17) is 4.52 Å². The van der Waals surface area contributed by atoms with Crippen LogP contribution in [0.3, 0.4) is 0 Å². The normalized spacial score (nSPS) is 10.6. The van der Waals surface area contributed by atoms with Gasteiger partial charge in [-0.15, -0.1) is 0 Å². The Balaban J connectivity index is 2.19. The van der Waals surface area contributed by atoms with Crippen molar-refractivity contribution in [2.45, 2.75) is 13.8 Å². The molecule has 2 aromatic heterocycles. The molecule has 5 nitrogen and oxygen atoms in total. The summed E-state index contributed by atoms with van der Waals surface area (Å²) in [5.41, 5.74) is 3.55. The number of hydrogen-bond donors (Lipinski definition) is 1. The summed E-state index contributed by atoms with van der Waals surface area (Å²) in [6, 6.07) is 12.0. The molecular formula is C16H16N4O. The Morgan fingerprint density at radius 1 is 1.05 bits per heavy atom. The summed E-state index contributed by atoms with van der Waals surface area (Å²) in [6.45, 7) is 3.76. The van der Waals surface area contributed by atoms with Gasteiger partial charge in [-0.3, -0.25) is 0 Å². The van der Waals surface area contributed by atoms with Crippen LogP contribution in [0.1, 0.15) is 11.5 Å². The Morgan fingerprint density at radius 2 is 1.81 bits per heavy atom. The first kappa shape index (κ1) is 13.3. The molecule has 0 unspecified atom stereocenters. The molecular weight excluding hydrogens is 264 g/mol. The molecule has 0 atom stereocenters. The first-order valence-electron chi connectivity index (χ1n) is 6.74. The van der Waals surface area contributed by atoms with Crippen LogP contribution in [0, 0.1) is 13.8 Å². The lowest BCUT2D eigenvalue weighted by Gasteiger charge is -2.08. The van der Waals surface area contributed by atoms with Crippen molar-refractivity contribution in [1.29, 1.82) is 0 Å². The highest BCUT2D eigenvalue weighted by Crippen LogP contribution is 2.28. The minimum atomic E-state index is 0.622. The predicted molar refractivity (Wildman–Crippen MR) is 82.0 cm³/mol. The monoisotopic (exact) mass is 280 g/mol. The third-order valence-electron chi connectivity index (χ3n) is 3.31. The molecule has 0 fully saturated rings. The fraction of sp³-hybridized carbons (Fsp3) is 0.188. The van der Waals surface area contributed by atoms with E-state index in [0.717, 1.165) is 34.1 Å². The average molecular weight is 280 g/mol. The van der Waals surface area contributed by atoms with E-state index in [-0.39, 0.29) is 0 Å². The van der Waals surface area contributed by atoms with E-state index >= 15 is 0 Å². The summed E-state index contributed by atoms with van der Waals surface area (Å²) >= 11 is 0. The quantitative estimate of drug-likeness (QED) is 0.796. The molecule has 0 saturated heterocycles. The van der Waals surface area contributed by atoms with E-state index in [1.807, 2.05) is 57.3 Å². The third-order valence-corrected chi connectivity index (χ3v) is 3.31. The van der Waals surface area contributed by atoms with Crippen molar-refractivity contribution in [2.24, 2.45) is 0 Å². The van der Waals surface area contributed by atoms with Gasteiger partial charge >= 0.3 is 0 Å². The Hall–Kier alpha value is -2.69. The Kier molecular flexibility index (Phi) is 3.39. The van der Waals surface area contributed by atoms with Gasteiger partial charge in [-0.05, 0) is 13.8 Å². The number of hydrogen-bond acceptors (Lipinski definition) is 5. The maximum absolute atomic E-state index is 5.22. The van der Waals surface area contributed by atoms with Crippen molar-refractivity contribution < 1.29 is 4.52 Å². The van der Waals surface area contributed by atoms with Crippen LogP contribution in [0.2, 0.25) is 0 Å². The predicted octanol–water partition coefficient (Wildman–Crippen LogP) is 3.46. The molecule has 1 aromatic carbocycles.